The number of aromatic hydroxyl groups is 1. The Morgan fingerprint density at radius 3 is 2.07 bits per heavy atom. The predicted octanol–water partition coefficient (Wildman–Crippen LogP) is 4.39. The van der Waals surface area contributed by atoms with Gasteiger partial charge in [0.15, 0.2) is 0 Å². The number of imide groups is 1. The number of hydrogen-bond acceptors (Lipinski definition) is 5. The molecular formula is C22H14N2O3S. The number of carbonyl (C=O) groups excluding carboxylic acids is 2. The molecular weight excluding hydrogens is 372 g/mol. The molecule has 1 N–H and O–H groups in total. The average Bonchev–Trinajstić information content (AvgIpc) is 3.25. The number of nitrogens with zero attached hydrogens (tertiary/aromatic N) is 2. The molecule has 0 saturated carbocycles. The number of rotatable bonds is 3. The maximum atomic E-state index is 13.1. The van der Waals surface area contributed by atoms with Crippen LogP contribution >= 0.6 is 11.3 Å². The maximum Gasteiger partial charge on any atom is 0.262 e. The highest BCUT2D eigenvalue weighted by molar-refractivity contribution is 7.18. The number of phenolic OH excluding ortho intramolecular Hbond substituents is 1. The van der Waals surface area contributed by atoms with Crippen LogP contribution in [-0.4, -0.2) is 26.8 Å². The molecule has 6 heteroatoms. The van der Waals surface area contributed by atoms with Crippen molar-refractivity contribution in [2.45, 2.75) is 6.04 Å². The zero-order chi connectivity index (χ0) is 19.3. The van der Waals surface area contributed by atoms with E-state index in [0.717, 1.165) is 10.2 Å². The fourth-order valence-electron chi connectivity index (χ4n) is 3.51. The Kier molecular flexibility index (Phi) is 3.74. The molecule has 1 aliphatic rings. The number of carbonyl (C=O) groups is 2. The van der Waals surface area contributed by atoms with Crippen LogP contribution in [-0.2, 0) is 0 Å². The lowest BCUT2D eigenvalue weighted by molar-refractivity contribution is 0.0608. The molecule has 5 nitrogen and oxygen atoms in total. The normalized spacial score (nSPS) is 14.5. The SMILES string of the molecule is O=C1c2ccccc2C(=O)N1C(c1ccc(O)cc1)c1nc2ccccc2s1. The number of para-hydroxylation sites is 1. The Bertz CT molecular complexity index is 1160. The van der Waals surface area contributed by atoms with Gasteiger partial charge in [-0.2, -0.15) is 0 Å². The fraction of sp³-hybridized carbons (Fsp3) is 0.0455. The van der Waals surface area contributed by atoms with Crippen LogP contribution in [0.3, 0.4) is 0 Å². The van der Waals surface area contributed by atoms with Crippen molar-refractivity contribution in [3.63, 3.8) is 0 Å². The minimum atomic E-state index is -0.662. The van der Waals surface area contributed by atoms with E-state index in [9.17, 15) is 14.7 Å². The molecule has 5 rings (SSSR count). The first kappa shape index (κ1) is 16.6. The molecule has 0 aliphatic carbocycles. The summed E-state index contributed by atoms with van der Waals surface area (Å²) in [6.07, 6.45) is 0. The lowest BCUT2D eigenvalue weighted by Gasteiger charge is -2.25. The number of thiazole rings is 1. The van der Waals surface area contributed by atoms with Gasteiger partial charge in [0.25, 0.3) is 11.8 Å². The topological polar surface area (TPSA) is 70.5 Å². The summed E-state index contributed by atoms with van der Waals surface area (Å²) in [7, 11) is 0. The van der Waals surface area contributed by atoms with Crippen molar-refractivity contribution in [2.75, 3.05) is 0 Å². The molecule has 28 heavy (non-hydrogen) atoms. The van der Waals surface area contributed by atoms with E-state index >= 15 is 0 Å². The number of aromatic nitrogens is 1. The van der Waals surface area contributed by atoms with E-state index < -0.39 is 6.04 Å². The molecule has 3 aromatic carbocycles. The van der Waals surface area contributed by atoms with Gasteiger partial charge in [0.2, 0.25) is 0 Å². The third-order valence-electron chi connectivity index (χ3n) is 4.84. The quantitative estimate of drug-likeness (QED) is 0.530. The van der Waals surface area contributed by atoms with Crippen LogP contribution in [0.5, 0.6) is 5.75 Å². The summed E-state index contributed by atoms with van der Waals surface area (Å²) in [5, 5.41) is 10.3. The standard InChI is InChI=1S/C22H14N2O3S/c25-14-11-9-13(10-12-14)19(20-23-17-7-3-4-8-18(17)28-20)24-21(26)15-5-1-2-6-16(15)22(24)27/h1-12,19,25H. The van der Waals surface area contributed by atoms with Gasteiger partial charge in [-0.25, -0.2) is 4.98 Å². The molecule has 1 unspecified atom stereocenters. The first-order valence-corrected chi connectivity index (χ1v) is 9.56. The number of phenols is 1. The van der Waals surface area contributed by atoms with Gasteiger partial charge in [-0.05, 0) is 42.0 Å². The molecule has 2 heterocycles. The van der Waals surface area contributed by atoms with Crippen LogP contribution in [0.2, 0.25) is 0 Å². The largest absolute Gasteiger partial charge is 0.508 e. The highest BCUT2D eigenvalue weighted by Gasteiger charge is 2.42. The molecule has 4 aromatic rings. The molecule has 1 aliphatic heterocycles. The van der Waals surface area contributed by atoms with E-state index in [0.29, 0.717) is 21.7 Å². The van der Waals surface area contributed by atoms with Crippen molar-refractivity contribution < 1.29 is 14.7 Å². The lowest BCUT2D eigenvalue weighted by atomic mass is 10.1. The van der Waals surface area contributed by atoms with Gasteiger partial charge in [-0.15, -0.1) is 11.3 Å². The number of amides is 2. The van der Waals surface area contributed by atoms with E-state index in [-0.39, 0.29) is 17.6 Å². The number of fused-ring (bicyclic) bond motifs is 2. The third-order valence-corrected chi connectivity index (χ3v) is 5.93. The summed E-state index contributed by atoms with van der Waals surface area (Å²) in [4.78, 5) is 32.2. The van der Waals surface area contributed by atoms with Crippen LogP contribution in [0.25, 0.3) is 10.2 Å². The van der Waals surface area contributed by atoms with Gasteiger partial charge < -0.3 is 5.11 Å². The summed E-state index contributed by atoms with van der Waals surface area (Å²) in [6.45, 7) is 0. The summed E-state index contributed by atoms with van der Waals surface area (Å²) in [5.41, 5.74) is 2.34. The van der Waals surface area contributed by atoms with Gasteiger partial charge in [0, 0.05) is 0 Å². The van der Waals surface area contributed by atoms with Crippen LogP contribution in [0.15, 0.2) is 72.8 Å². The Balaban J connectivity index is 1.70. The van der Waals surface area contributed by atoms with Crippen molar-refractivity contribution in [1.29, 1.82) is 0 Å². The highest BCUT2D eigenvalue weighted by atomic mass is 32.1. The van der Waals surface area contributed by atoms with Gasteiger partial charge in [-0.3, -0.25) is 14.5 Å². The van der Waals surface area contributed by atoms with Crippen LogP contribution < -0.4 is 0 Å². The predicted molar refractivity (Wildman–Crippen MR) is 107 cm³/mol. The number of benzene rings is 3. The average molecular weight is 386 g/mol. The summed E-state index contributed by atoms with van der Waals surface area (Å²) >= 11 is 1.45. The zero-order valence-electron chi connectivity index (χ0n) is 14.6. The monoisotopic (exact) mass is 386 g/mol. The van der Waals surface area contributed by atoms with E-state index in [2.05, 4.69) is 0 Å². The van der Waals surface area contributed by atoms with Crippen molar-refractivity contribution in [1.82, 2.24) is 9.88 Å². The highest BCUT2D eigenvalue weighted by Crippen LogP contribution is 2.39. The second-order valence-corrected chi connectivity index (χ2v) is 7.60. The Morgan fingerprint density at radius 2 is 1.43 bits per heavy atom. The van der Waals surface area contributed by atoms with Crippen molar-refractivity contribution in [3.8, 4) is 5.75 Å². The molecule has 1 aromatic heterocycles. The number of hydrogen-bond donors (Lipinski definition) is 1. The van der Waals surface area contributed by atoms with Crippen LogP contribution in [0.4, 0.5) is 0 Å². The molecule has 2 amide bonds. The molecule has 0 radical (unpaired) electrons. The smallest absolute Gasteiger partial charge is 0.262 e. The minimum absolute atomic E-state index is 0.120. The van der Waals surface area contributed by atoms with E-state index in [1.807, 2.05) is 24.3 Å². The fourth-order valence-corrected chi connectivity index (χ4v) is 4.60. The van der Waals surface area contributed by atoms with Crippen molar-refractivity contribution >= 4 is 33.4 Å². The Labute approximate surface area is 164 Å². The molecule has 0 spiro atoms. The molecule has 0 bridgehead atoms. The molecule has 0 saturated heterocycles. The second-order valence-electron chi connectivity index (χ2n) is 6.54. The Hall–Kier alpha value is -3.51. The third kappa shape index (κ3) is 2.50. The van der Waals surface area contributed by atoms with E-state index in [1.54, 1.807) is 48.5 Å². The van der Waals surface area contributed by atoms with Crippen molar-refractivity contribution in [2.24, 2.45) is 0 Å². The zero-order valence-corrected chi connectivity index (χ0v) is 15.4. The second kappa shape index (κ2) is 6.28. The van der Waals surface area contributed by atoms with E-state index in [4.69, 9.17) is 4.98 Å². The molecule has 0 fully saturated rings. The molecule has 136 valence electrons. The maximum absolute atomic E-state index is 13.1. The van der Waals surface area contributed by atoms with Crippen LogP contribution in [0.1, 0.15) is 37.3 Å². The summed E-state index contributed by atoms with van der Waals surface area (Å²) in [6, 6.07) is 20.4. The van der Waals surface area contributed by atoms with Gasteiger partial charge in [0.05, 0.1) is 21.3 Å². The lowest BCUT2D eigenvalue weighted by Crippen LogP contribution is -2.34. The van der Waals surface area contributed by atoms with E-state index in [1.165, 1.54) is 16.2 Å². The molecule has 1 atom stereocenters. The van der Waals surface area contributed by atoms with Crippen molar-refractivity contribution in [3.05, 3.63) is 94.5 Å². The van der Waals surface area contributed by atoms with Gasteiger partial charge >= 0.3 is 0 Å². The summed E-state index contributed by atoms with van der Waals surface area (Å²) in [5.74, 6) is -0.551. The van der Waals surface area contributed by atoms with Gasteiger partial charge in [-0.1, -0.05) is 36.4 Å². The first-order valence-electron chi connectivity index (χ1n) is 8.75. The summed E-state index contributed by atoms with van der Waals surface area (Å²) < 4.78 is 0.984. The van der Waals surface area contributed by atoms with Gasteiger partial charge in [0.1, 0.15) is 16.8 Å². The van der Waals surface area contributed by atoms with Crippen LogP contribution in [0, 0.1) is 0 Å². The Morgan fingerprint density at radius 1 is 0.821 bits per heavy atom. The minimum Gasteiger partial charge on any atom is -0.508 e. The first-order chi connectivity index (χ1) is 13.6.